The number of aromatic amines is 1. The van der Waals surface area contributed by atoms with Gasteiger partial charge in [-0.25, -0.2) is 9.37 Å². The minimum Gasteiger partial charge on any atom is -0.368 e. The molecule has 24 heavy (non-hydrogen) atoms. The number of pyridine rings is 1. The molecule has 0 saturated carbocycles. The van der Waals surface area contributed by atoms with Crippen LogP contribution in [0, 0.1) is 5.82 Å². The van der Waals surface area contributed by atoms with Crippen LogP contribution in [0.25, 0.3) is 22.2 Å². The van der Waals surface area contributed by atoms with Gasteiger partial charge >= 0.3 is 0 Å². The minimum atomic E-state index is -0.240. The summed E-state index contributed by atoms with van der Waals surface area (Å²) < 4.78 is 13.6. The summed E-state index contributed by atoms with van der Waals surface area (Å²) in [6, 6.07) is 6.65. The number of benzene rings is 1. The zero-order valence-electron chi connectivity index (χ0n) is 12.8. The van der Waals surface area contributed by atoms with Crippen molar-refractivity contribution in [3.63, 3.8) is 0 Å². The van der Waals surface area contributed by atoms with Gasteiger partial charge in [-0.05, 0) is 17.7 Å². The van der Waals surface area contributed by atoms with Crippen molar-refractivity contribution in [3.8, 4) is 11.1 Å². The van der Waals surface area contributed by atoms with Crippen molar-refractivity contribution in [1.82, 2.24) is 20.5 Å². The Morgan fingerprint density at radius 2 is 1.88 bits per heavy atom. The van der Waals surface area contributed by atoms with Gasteiger partial charge < -0.3 is 10.2 Å². The van der Waals surface area contributed by atoms with Gasteiger partial charge in [-0.3, -0.25) is 5.10 Å². The molecule has 8 heteroatoms. The predicted octanol–water partition coefficient (Wildman–Crippen LogP) is 3.02. The Morgan fingerprint density at radius 3 is 2.62 bits per heavy atom. The Hall–Kier alpha value is -1.89. The van der Waals surface area contributed by atoms with Crippen molar-refractivity contribution >= 4 is 41.5 Å². The second kappa shape index (κ2) is 7.79. The topological polar surface area (TPSA) is 56.8 Å². The smallest absolute Gasteiger partial charge is 0.157 e. The fourth-order valence-corrected chi connectivity index (χ4v) is 2.98. The second-order valence-corrected chi connectivity index (χ2v) is 5.40. The summed E-state index contributed by atoms with van der Waals surface area (Å²) in [6.07, 6.45) is 3.59. The maximum Gasteiger partial charge on any atom is 0.157 e. The van der Waals surface area contributed by atoms with Gasteiger partial charge in [-0.15, -0.1) is 24.8 Å². The second-order valence-electron chi connectivity index (χ2n) is 5.40. The summed E-state index contributed by atoms with van der Waals surface area (Å²) in [6.45, 7) is 3.69. The Labute approximate surface area is 151 Å². The number of aromatic nitrogens is 3. The number of H-pyrrole nitrogens is 1. The summed E-state index contributed by atoms with van der Waals surface area (Å²) >= 11 is 0. The van der Waals surface area contributed by atoms with Gasteiger partial charge in [-0.1, -0.05) is 12.1 Å². The molecule has 5 nitrogen and oxygen atoms in total. The number of halogens is 3. The van der Waals surface area contributed by atoms with E-state index in [1.165, 1.54) is 6.07 Å². The molecule has 1 saturated heterocycles. The lowest BCUT2D eigenvalue weighted by Crippen LogP contribution is -2.43. The lowest BCUT2D eigenvalue weighted by molar-refractivity contribution is 0.590. The molecule has 1 fully saturated rings. The van der Waals surface area contributed by atoms with E-state index in [0.717, 1.165) is 54.0 Å². The maximum atomic E-state index is 13.6. The van der Waals surface area contributed by atoms with Crippen LogP contribution in [0.3, 0.4) is 0 Å². The van der Waals surface area contributed by atoms with Crippen LogP contribution in [0.15, 0.2) is 36.7 Å². The van der Waals surface area contributed by atoms with Crippen LogP contribution in [0.2, 0.25) is 0 Å². The van der Waals surface area contributed by atoms with Gasteiger partial charge in [0, 0.05) is 37.9 Å². The van der Waals surface area contributed by atoms with E-state index in [1.54, 1.807) is 24.5 Å². The summed E-state index contributed by atoms with van der Waals surface area (Å²) in [5, 5.41) is 11.3. The third-order valence-corrected chi connectivity index (χ3v) is 4.02. The molecule has 1 aromatic carbocycles. The SMILES string of the molecule is Cl.Cl.Fc1cccc(-c2cnc3[nH]ncc3c2N2CCNCC2)c1. The highest BCUT2D eigenvalue weighted by atomic mass is 35.5. The molecular formula is C16H18Cl2FN5. The lowest BCUT2D eigenvalue weighted by atomic mass is 10.0. The van der Waals surface area contributed by atoms with E-state index >= 15 is 0 Å². The molecule has 0 atom stereocenters. The molecule has 0 amide bonds. The monoisotopic (exact) mass is 369 g/mol. The molecule has 2 N–H and O–H groups in total. The Bertz CT molecular complexity index is 817. The van der Waals surface area contributed by atoms with Crippen LogP contribution in [0.1, 0.15) is 0 Å². The first-order chi connectivity index (χ1) is 10.8. The quantitative estimate of drug-likeness (QED) is 0.728. The van der Waals surface area contributed by atoms with E-state index in [4.69, 9.17) is 0 Å². The first kappa shape index (κ1) is 18.4. The molecule has 4 rings (SSSR count). The Balaban J connectivity index is 0.00000104. The fraction of sp³-hybridized carbons (Fsp3) is 0.250. The molecule has 3 heterocycles. The Morgan fingerprint density at radius 1 is 1.08 bits per heavy atom. The molecule has 128 valence electrons. The normalized spacial score (nSPS) is 14.1. The van der Waals surface area contributed by atoms with E-state index in [2.05, 4.69) is 25.4 Å². The summed E-state index contributed by atoms with van der Waals surface area (Å²) in [5.74, 6) is -0.240. The van der Waals surface area contributed by atoms with Crippen molar-refractivity contribution in [3.05, 3.63) is 42.5 Å². The molecule has 0 unspecified atom stereocenters. The number of hydrogen-bond donors (Lipinski definition) is 2. The standard InChI is InChI=1S/C16H16FN5.2ClH/c17-12-3-1-2-11(8-12)13-9-19-16-14(10-20-21-16)15(13)22-6-4-18-5-7-22;;/h1-3,8-10,18H,4-7H2,(H,19,20,21);2*1H. The molecule has 1 aliphatic heterocycles. The highest BCUT2D eigenvalue weighted by Crippen LogP contribution is 2.36. The van der Waals surface area contributed by atoms with Gasteiger partial charge in [0.05, 0.1) is 17.3 Å². The maximum absolute atomic E-state index is 13.6. The number of rotatable bonds is 2. The summed E-state index contributed by atoms with van der Waals surface area (Å²) in [5.41, 5.74) is 3.61. The Kier molecular flexibility index (Phi) is 5.99. The minimum absolute atomic E-state index is 0. The van der Waals surface area contributed by atoms with Gasteiger partial charge in [0.2, 0.25) is 0 Å². The summed E-state index contributed by atoms with van der Waals surface area (Å²) in [7, 11) is 0. The van der Waals surface area contributed by atoms with E-state index in [1.807, 2.05) is 6.07 Å². The zero-order valence-corrected chi connectivity index (χ0v) is 14.5. The van der Waals surface area contributed by atoms with E-state index in [-0.39, 0.29) is 30.6 Å². The van der Waals surface area contributed by atoms with Crippen LogP contribution in [-0.4, -0.2) is 41.4 Å². The van der Waals surface area contributed by atoms with Crippen molar-refractivity contribution in [2.75, 3.05) is 31.1 Å². The lowest BCUT2D eigenvalue weighted by Gasteiger charge is -2.31. The van der Waals surface area contributed by atoms with Crippen LogP contribution < -0.4 is 10.2 Å². The number of hydrogen-bond acceptors (Lipinski definition) is 4. The molecule has 3 aromatic rings. The molecule has 1 aliphatic rings. The average molecular weight is 370 g/mol. The van der Waals surface area contributed by atoms with E-state index in [0.29, 0.717) is 0 Å². The predicted molar refractivity (Wildman–Crippen MR) is 98.9 cm³/mol. The van der Waals surface area contributed by atoms with Gasteiger partial charge in [0.1, 0.15) is 5.82 Å². The first-order valence-electron chi connectivity index (χ1n) is 7.36. The molecule has 2 aromatic heterocycles. The van der Waals surface area contributed by atoms with Crippen molar-refractivity contribution in [2.45, 2.75) is 0 Å². The molecule has 0 spiro atoms. The van der Waals surface area contributed by atoms with Gasteiger partial charge in [0.15, 0.2) is 5.65 Å². The largest absolute Gasteiger partial charge is 0.368 e. The van der Waals surface area contributed by atoms with Crippen molar-refractivity contribution < 1.29 is 4.39 Å². The van der Waals surface area contributed by atoms with Crippen molar-refractivity contribution in [2.24, 2.45) is 0 Å². The van der Waals surface area contributed by atoms with Crippen LogP contribution in [0.5, 0.6) is 0 Å². The molecule has 0 aliphatic carbocycles. The summed E-state index contributed by atoms with van der Waals surface area (Å²) in [4.78, 5) is 6.74. The first-order valence-corrected chi connectivity index (χ1v) is 7.36. The molecular weight excluding hydrogens is 352 g/mol. The number of nitrogens with zero attached hydrogens (tertiary/aromatic N) is 3. The van der Waals surface area contributed by atoms with Crippen molar-refractivity contribution in [1.29, 1.82) is 0 Å². The average Bonchev–Trinajstić information content (AvgIpc) is 3.03. The van der Waals surface area contributed by atoms with Crippen LogP contribution >= 0.6 is 24.8 Å². The highest BCUT2D eigenvalue weighted by Gasteiger charge is 2.20. The van der Waals surface area contributed by atoms with Crippen LogP contribution in [-0.2, 0) is 0 Å². The number of fused-ring (bicyclic) bond motifs is 1. The molecule has 0 radical (unpaired) electrons. The van der Waals surface area contributed by atoms with Gasteiger partial charge in [0.25, 0.3) is 0 Å². The third kappa shape index (κ3) is 3.31. The third-order valence-electron chi connectivity index (χ3n) is 4.02. The number of nitrogens with one attached hydrogen (secondary N) is 2. The molecule has 0 bridgehead atoms. The zero-order chi connectivity index (χ0) is 14.9. The number of anilines is 1. The van der Waals surface area contributed by atoms with E-state index < -0.39 is 0 Å². The fourth-order valence-electron chi connectivity index (χ4n) is 2.98. The van der Waals surface area contributed by atoms with Gasteiger partial charge in [-0.2, -0.15) is 5.10 Å². The highest BCUT2D eigenvalue weighted by molar-refractivity contribution is 5.98. The number of piperazine rings is 1. The van der Waals surface area contributed by atoms with E-state index in [9.17, 15) is 4.39 Å². The van der Waals surface area contributed by atoms with Crippen LogP contribution in [0.4, 0.5) is 10.1 Å².